The van der Waals surface area contributed by atoms with Gasteiger partial charge in [-0.15, -0.1) is 0 Å². The summed E-state index contributed by atoms with van der Waals surface area (Å²) in [6.45, 7) is 4.43. The largest absolute Gasteiger partial charge is 0.376 e. The number of hydrogen-bond acceptors (Lipinski definition) is 3. The minimum absolute atomic E-state index is 0.0662. The standard InChI is InChI=1S/C24H25N3O2/c1-17-9-8-10-18(2)23(17)27-22(28)16-25-21-14-7-6-13-20(21)24(29)26-15-19-11-4-3-5-12-19/h3-14,25H,15-16H2,1-2H3,(H,26,29)(H,27,28). The van der Waals surface area contributed by atoms with E-state index >= 15 is 0 Å². The lowest BCUT2D eigenvalue weighted by Gasteiger charge is -2.14. The monoisotopic (exact) mass is 387 g/mol. The molecule has 0 aliphatic heterocycles. The first-order valence-corrected chi connectivity index (χ1v) is 9.55. The van der Waals surface area contributed by atoms with Crippen molar-refractivity contribution in [3.63, 3.8) is 0 Å². The van der Waals surface area contributed by atoms with Crippen molar-refractivity contribution in [1.29, 1.82) is 0 Å². The highest BCUT2D eigenvalue weighted by atomic mass is 16.2. The second-order valence-corrected chi connectivity index (χ2v) is 6.88. The van der Waals surface area contributed by atoms with Crippen LogP contribution in [0.4, 0.5) is 11.4 Å². The fraction of sp³-hybridized carbons (Fsp3) is 0.167. The van der Waals surface area contributed by atoms with Crippen LogP contribution in [0.3, 0.4) is 0 Å². The molecular weight excluding hydrogens is 362 g/mol. The number of hydrogen-bond donors (Lipinski definition) is 3. The molecule has 0 heterocycles. The highest BCUT2D eigenvalue weighted by Crippen LogP contribution is 2.19. The summed E-state index contributed by atoms with van der Waals surface area (Å²) in [5.41, 5.74) is 5.00. The topological polar surface area (TPSA) is 70.2 Å². The second-order valence-electron chi connectivity index (χ2n) is 6.88. The SMILES string of the molecule is Cc1cccc(C)c1NC(=O)CNc1ccccc1C(=O)NCc1ccccc1. The van der Waals surface area contributed by atoms with Crippen LogP contribution in [0.5, 0.6) is 0 Å². The third-order valence-electron chi connectivity index (χ3n) is 4.65. The zero-order valence-corrected chi connectivity index (χ0v) is 16.7. The van der Waals surface area contributed by atoms with E-state index in [9.17, 15) is 9.59 Å². The highest BCUT2D eigenvalue weighted by Gasteiger charge is 2.12. The number of carbonyl (C=O) groups is 2. The van der Waals surface area contributed by atoms with Gasteiger partial charge in [0.1, 0.15) is 0 Å². The first-order valence-electron chi connectivity index (χ1n) is 9.55. The van der Waals surface area contributed by atoms with E-state index in [-0.39, 0.29) is 18.4 Å². The summed E-state index contributed by atoms with van der Waals surface area (Å²) >= 11 is 0. The maximum atomic E-state index is 12.6. The van der Waals surface area contributed by atoms with Gasteiger partial charge in [-0.25, -0.2) is 0 Å². The van der Waals surface area contributed by atoms with E-state index < -0.39 is 0 Å². The maximum Gasteiger partial charge on any atom is 0.253 e. The van der Waals surface area contributed by atoms with Crippen LogP contribution < -0.4 is 16.0 Å². The smallest absolute Gasteiger partial charge is 0.253 e. The minimum atomic E-state index is -0.188. The van der Waals surface area contributed by atoms with Crippen molar-refractivity contribution in [3.8, 4) is 0 Å². The zero-order chi connectivity index (χ0) is 20.6. The van der Waals surface area contributed by atoms with Gasteiger partial charge in [-0.3, -0.25) is 9.59 Å². The van der Waals surface area contributed by atoms with Gasteiger partial charge in [-0.05, 0) is 42.7 Å². The van der Waals surface area contributed by atoms with E-state index in [2.05, 4.69) is 16.0 Å². The van der Waals surface area contributed by atoms with Crippen molar-refractivity contribution in [1.82, 2.24) is 5.32 Å². The lowest BCUT2D eigenvalue weighted by Crippen LogP contribution is -2.26. The third kappa shape index (κ3) is 5.45. The quantitative estimate of drug-likeness (QED) is 0.567. The molecule has 148 valence electrons. The van der Waals surface area contributed by atoms with Gasteiger partial charge in [-0.2, -0.15) is 0 Å². The summed E-state index contributed by atoms with van der Waals surface area (Å²) in [5, 5.41) is 8.94. The number of anilines is 2. The van der Waals surface area contributed by atoms with Crippen LogP contribution in [0.15, 0.2) is 72.8 Å². The molecule has 3 aromatic rings. The average Bonchev–Trinajstić information content (AvgIpc) is 2.74. The summed E-state index contributed by atoms with van der Waals surface area (Å²) in [6, 6.07) is 22.8. The molecule has 2 amide bonds. The molecular formula is C24H25N3O2. The number of aryl methyl sites for hydroxylation is 2. The Labute approximate surface area is 171 Å². The van der Waals surface area contributed by atoms with Crippen LogP contribution >= 0.6 is 0 Å². The van der Waals surface area contributed by atoms with Crippen molar-refractivity contribution in [3.05, 3.63) is 95.1 Å². The van der Waals surface area contributed by atoms with Gasteiger partial charge >= 0.3 is 0 Å². The van der Waals surface area contributed by atoms with Crippen molar-refractivity contribution in [2.75, 3.05) is 17.2 Å². The summed E-state index contributed by atoms with van der Waals surface area (Å²) in [4.78, 5) is 25.0. The lowest BCUT2D eigenvalue weighted by molar-refractivity contribution is -0.114. The van der Waals surface area contributed by atoms with E-state index in [1.165, 1.54) is 0 Å². The van der Waals surface area contributed by atoms with E-state index in [0.29, 0.717) is 17.8 Å². The Morgan fingerprint density at radius 1 is 0.793 bits per heavy atom. The Balaban J connectivity index is 1.61. The highest BCUT2D eigenvalue weighted by molar-refractivity contribution is 6.01. The van der Waals surface area contributed by atoms with E-state index in [0.717, 1.165) is 22.4 Å². The Hall–Kier alpha value is -3.60. The Morgan fingerprint density at radius 3 is 2.17 bits per heavy atom. The first-order chi connectivity index (χ1) is 14.0. The molecule has 0 unspecified atom stereocenters. The van der Waals surface area contributed by atoms with Crippen LogP contribution in [-0.2, 0) is 11.3 Å². The minimum Gasteiger partial charge on any atom is -0.376 e. The van der Waals surface area contributed by atoms with Gasteiger partial charge in [0.25, 0.3) is 5.91 Å². The second kappa shape index (κ2) is 9.55. The summed E-state index contributed by atoms with van der Waals surface area (Å²) < 4.78 is 0. The van der Waals surface area contributed by atoms with Crippen molar-refractivity contribution >= 4 is 23.2 Å². The zero-order valence-electron chi connectivity index (χ0n) is 16.7. The van der Waals surface area contributed by atoms with Gasteiger partial charge in [0.05, 0.1) is 12.1 Å². The lowest BCUT2D eigenvalue weighted by atomic mass is 10.1. The fourth-order valence-corrected chi connectivity index (χ4v) is 3.08. The number of carbonyl (C=O) groups excluding carboxylic acids is 2. The van der Waals surface area contributed by atoms with Crippen LogP contribution in [0.25, 0.3) is 0 Å². The van der Waals surface area contributed by atoms with E-state index in [1.807, 2.05) is 68.4 Å². The van der Waals surface area contributed by atoms with Gasteiger partial charge in [0.2, 0.25) is 5.91 Å². The van der Waals surface area contributed by atoms with Crippen LogP contribution in [0.2, 0.25) is 0 Å². The molecule has 0 radical (unpaired) electrons. The average molecular weight is 387 g/mol. The Morgan fingerprint density at radius 2 is 1.45 bits per heavy atom. The number of amides is 2. The maximum absolute atomic E-state index is 12.6. The molecule has 5 heteroatoms. The number of rotatable bonds is 7. The normalized spacial score (nSPS) is 10.3. The van der Waals surface area contributed by atoms with Gasteiger partial charge in [0, 0.05) is 17.9 Å². The van der Waals surface area contributed by atoms with Crippen molar-refractivity contribution in [2.45, 2.75) is 20.4 Å². The third-order valence-corrected chi connectivity index (χ3v) is 4.65. The summed E-state index contributed by atoms with van der Waals surface area (Å²) in [5.74, 6) is -0.353. The number of nitrogens with one attached hydrogen (secondary N) is 3. The van der Waals surface area contributed by atoms with Crippen molar-refractivity contribution < 1.29 is 9.59 Å². The molecule has 29 heavy (non-hydrogen) atoms. The molecule has 0 aliphatic rings. The molecule has 3 aromatic carbocycles. The first kappa shape index (κ1) is 20.1. The molecule has 0 spiro atoms. The molecule has 0 aromatic heterocycles. The molecule has 0 bridgehead atoms. The summed E-state index contributed by atoms with van der Waals surface area (Å²) in [7, 11) is 0. The van der Waals surface area contributed by atoms with E-state index in [1.54, 1.807) is 18.2 Å². The molecule has 5 nitrogen and oxygen atoms in total. The van der Waals surface area contributed by atoms with Gasteiger partial charge < -0.3 is 16.0 Å². The molecule has 0 atom stereocenters. The molecule has 3 N–H and O–H groups in total. The van der Waals surface area contributed by atoms with Crippen molar-refractivity contribution in [2.24, 2.45) is 0 Å². The Bertz CT molecular complexity index is 980. The predicted molar refractivity (Wildman–Crippen MR) is 117 cm³/mol. The van der Waals surface area contributed by atoms with Crippen LogP contribution in [0, 0.1) is 13.8 Å². The van der Waals surface area contributed by atoms with Crippen LogP contribution in [-0.4, -0.2) is 18.4 Å². The number of benzene rings is 3. The van der Waals surface area contributed by atoms with E-state index in [4.69, 9.17) is 0 Å². The van der Waals surface area contributed by atoms with Gasteiger partial charge in [0.15, 0.2) is 0 Å². The molecule has 0 saturated carbocycles. The van der Waals surface area contributed by atoms with Crippen LogP contribution in [0.1, 0.15) is 27.0 Å². The Kier molecular flexibility index (Phi) is 6.63. The molecule has 3 rings (SSSR count). The molecule has 0 fully saturated rings. The van der Waals surface area contributed by atoms with Gasteiger partial charge in [-0.1, -0.05) is 60.7 Å². The molecule has 0 aliphatic carbocycles. The summed E-state index contributed by atoms with van der Waals surface area (Å²) in [6.07, 6.45) is 0. The molecule has 0 saturated heterocycles. The number of para-hydroxylation sites is 2. The fourth-order valence-electron chi connectivity index (χ4n) is 3.08. The predicted octanol–water partition coefficient (Wildman–Crippen LogP) is 4.28.